The maximum atomic E-state index is 11.7. The predicted octanol–water partition coefficient (Wildman–Crippen LogP) is 1.04. The molecular weight excluding hydrogens is 176 g/mol. The van der Waals surface area contributed by atoms with Crippen LogP contribution < -0.4 is 10.6 Å². The van der Waals surface area contributed by atoms with Gasteiger partial charge in [0.2, 0.25) is 5.91 Å². The van der Waals surface area contributed by atoms with Gasteiger partial charge < -0.3 is 10.6 Å². The maximum absolute atomic E-state index is 11.7. The van der Waals surface area contributed by atoms with E-state index in [2.05, 4.69) is 17.6 Å². The second kappa shape index (κ2) is 4.30. The van der Waals surface area contributed by atoms with Crippen molar-refractivity contribution in [3.8, 4) is 0 Å². The van der Waals surface area contributed by atoms with Gasteiger partial charge in [0.1, 0.15) is 0 Å². The number of rotatable bonds is 4. The molecule has 3 nitrogen and oxygen atoms in total. The van der Waals surface area contributed by atoms with E-state index in [-0.39, 0.29) is 11.9 Å². The van der Waals surface area contributed by atoms with E-state index < -0.39 is 0 Å². The third kappa shape index (κ3) is 2.27. The SMILES string of the molecule is CCCC1CC1NC(=O)[C@@H]1CCCN1. The average Bonchev–Trinajstić information content (AvgIpc) is 2.71. The number of amides is 1. The monoisotopic (exact) mass is 196 g/mol. The highest BCUT2D eigenvalue weighted by molar-refractivity contribution is 5.82. The summed E-state index contributed by atoms with van der Waals surface area (Å²) in [5, 5.41) is 6.35. The summed E-state index contributed by atoms with van der Waals surface area (Å²) in [5.41, 5.74) is 0. The Morgan fingerprint density at radius 2 is 2.43 bits per heavy atom. The summed E-state index contributed by atoms with van der Waals surface area (Å²) < 4.78 is 0. The summed E-state index contributed by atoms with van der Waals surface area (Å²) in [5.74, 6) is 0.997. The first-order valence-corrected chi connectivity index (χ1v) is 5.85. The van der Waals surface area contributed by atoms with Crippen LogP contribution in [0.4, 0.5) is 0 Å². The van der Waals surface area contributed by atoms with Crippen LogP contribution in [0.15, 0.2) is 0 Å². The van der Waals surface area contributed by atoms with E-state index in [9.17, 15) is 4.79 Å². The number of carbonyl (C=O) groups is 1. The number of nitrogens with one attached hydrogen (secondary N) is 2. The first-order valence-electron chi connectivity index (χ1n) is 5.85. The second-order valence-electron chi connectivity index (χ2n) is 4.55. The van der Waals surface area contributed by atoms with Gasteiger partial charge in [-0.05, 0) is 38.1 Å². The molecule has 0 aromatic rings. The third-order valence-electron chi connectivity index (χ3n) is 3.29. The molecule has 0 spiro atoms. The van der Waals surface area contributed by atoms with Gasteiger partial charge in [-0.15, -0.1) is 0 Å². The normalized spacial score (nSPS) is 35.6. The lowest BCUT2D eigenvalue weighted by molar-refractivity contribution is -0.123. The summed E-state index contributed by atoms with van der Waals surface area (Å²) in [6.07, 6.45) is 5.85. The van der Waals surface area contributed by atoms with Gasteiger partial charge in [-0.25, -0.2) is 0 Å². The fraction of sp³-hybridized carbons (Fsp3) is 0.909. The molecule has 2 aliphatic rings. The Morgan fingerprint density at radius 3 is 3.07 bits per heavy atom. The van der Waals surface area contributed by atoms with Gasteiger partial charge in [0, 0.05) is 6.04 Å². The fourth-order valence-corrected chi connectivity index (χ4v) is 2.31. The Morgan fingerprint density at radius 1 is 1.57 bits per heavy atom. The van der Waals surface area contributed by atoms with Crippen molar-refractivity contribution in [2.75, 3.05) is 6.54 Å². The molecule has 0 bridgehead atoms. The Bertz CT molecular complexity index is 211. The van der Waals surface area contributed by atoms with Crippen molar-refractivity contribution in [2.24, 2.45) is 5.92 Å². The number of carbonyl (C=O) groups excluding carboxylic acids is 1. The highest BCUT2D eigenvalue weighted by atomic mass is 16.2. The molecular formula is C11H20N2O. The standard InChI is InChI=1S/C11H20N2O/c1-2-4-8-7-10(8)13-11(14)9-5-3-6-12-9/h8-10,12H,2-7H2,1H3,(H,13,14)/t8?,9-,10?/m0/s1. The Labute approximate surface area is 85.6 Å². The van der Waals surface area contributed by atoms with E-state index in [1.165, 1.54) is 19.3 Å². The minimum absolute atomic E-state index is 0.0953. The lowest BCUT2D eigenvalue weighted by Gasteiger charge is -2.10. The van der Waals surface area contributed by atoms with Gasteiger partial charge in [0.25, 0.3) is 0 Å². The van der Waals surface area contributed by atoms with Gasteiger partial charge in [-0.2, -0.15) is 0 Å². The van der Waals surface area contributed by atoms with Crippen LogP contribution >= 0.6 is 0 Å². The minimum atomic E-state index is 0.0953. The summed E-state index contributed by atoms with van der Waals surface area (Å²) in [6.45, 7) is 3.21. The molecule has 3 atom stereocenters. The molecule has 1 amide bonds. The molecule has 1 aliphatic heterocycles. The Kier molecular flexibility index (Phi) is 3.06. The van der Waals surface area contributed by atoms with Crippen LogP contribution in [-0.4, -0.2) is 24.5 Å². The van der Waals surface area contributed by atoms with Gasteiger partial charge >= 0.3 is 0 Å². The van der Waals surface area contributed by atoms with Gasteiger partial charge in [0.15, 0.2) is 0 Å². The molecule has 1 aliphatic carbocycles. The minimum Gasteiger partial charge on any atom is -0.352 e. The molecule has 0 radical (unpaired) electrons. The molecule has 2 rings (SSSR count). The van der Waals surface area contributed by atoms with E-state index >= 15 is 0 Å². The van der Waals surface area contributed by atoms with Crippen molar-refractivity contribution in [1.29, 1.82) is 0 Å². The smallest absolute Gasteiger partial charge is 0.237 e. The molecule has 0 aromatic carbocycles. The molecule has 0 aromatic heterocycles. The van der Waals surface area contributed by atoms with Crippen LogP contribution in [0.3, 0.4) is 0 Å². The van der Waals surface area contributed by atoms with Crippen LogP contribution in [0.25, 0.3) is 0 Å². The van der Waals surface area contributed by atoms with E-state index in [1.54, 1.807) is 0 Å². The number of hydrogen-bond donors (Lipinski definition) is 2. The first kappa shape index (κ1) is 9.97. The molecule has 1 saturated carbocycles. The summed E-state index contributed by atoms with van der Waals surface area (Å²) in [6, 6.07) is 0.586. The van der Waals surface area contributed by atoms with Crippen molar-refractivity contribution in [2.45, 2.75) is 51.1 Å². The number of hydrogen-bond acceptors (Lipinski definition) is 2. The largest absolute Gasteiger partial charge is 0.352 e. The van der Waals surface area contributed by atoms with E-state index in [0.29, 0.717) is 6.04 Å². The zero-order valence-electron chi connectivity index (χ0n) is 8.88. The molecule has 3 heteroatoms. The maximum Gasteiger partial charge on any atom is 0.237 e. The lowest BCUT2D eigenvalue weighted by Crippen LogP contribution is -2.41. The predicted molar refractivity (Wildman–Crippen MR) is 56.0 cm³/mol. The molecule has 1 heterocycles. The van der Waals surface area contributed by atoms with Crippen molar-refractivity contribution in [1.82, 2.24) is 10.6 Å². The fourth-order valence-electron chi connectivity index (χ4n) is 2.31. The Hall–Kier alpha value is -0.570. The van der Waals surface area contributed by atoms with Gasteiger partial charge in [0.05, 0.1) is 6.04 Å². The molecule has 2 unspecified atom stereocenters. The van der Waals surface area contributed by atoms with Crippen molar-refractivity contribution in [3.05, 3.63) is 0 Å². The van der Waals surface area contributed by atoms with Crippen LogP contribution in [0.2, 0.25) is 0 Å². The Balaban J connectivity index is 1.68. The van der Waals surface area contributed by atoms with Crippen LogP contribution in [0.1, 0.15) is 39.0 Å². The third-order valence-corrected chi connectivity index (χ3v) is 3.29. The van der Waals surface area contributed by atoms with Gasteiger partial charge in [-0.1, -0.05) is 13.3 Å². The summed E-state index contributed by atoms with van der Waals surface area (Å²) >= 11 is 0. The zero-order valence-corrected chi connectivity index (χ0v) is 8.88. The van der Waals surface area contributed by atoms with Crippen LogP contribution in [-0.2, 0) is 4.79 Å². The quantitative estimate of drug-likeness (QED) is 0.705. The van der Waals surface area contributed by atoms with E-state index in [1.807, 2.05) is 0 Å². The highest BCUT2D eigenvalue weighted by Crippen LogP contribution is 2.34. The second-order valence-corrected chi connectivity index (χ2v) is 4.55. The van der Waals surface area contributed by atoms with Crippen LogP contribution in [0, 0.1) is 5.92 Å². The molecule has 2 N–H and O–H groups in total. The zero-order chi connectivity index (χ0) is 9.97. The lowest BCUT2D eigenvalue weighted by atomic mass is 10.2. The van der Waals surface area contributed by atoms with E-state index in [0.717, 1.165) is 25.3 Å². The topological polar surface area (TPSA) is 41.1 Å². The van der Waals surface area contributed by atoms with Crippen molar-refractivity contribution in [3.63, 3.8) is 0 Å². The average molecular weight is 196 g/mol. The van der Waals surface area contributed by atoms with Gasteiger partial charge in [-0.3, -0.25) is 4.79 Å². The summed E-state index contributed by atoms with van der Waals surface area (Å²) in [4.78, 5) is 11.7. The highest BCUT2D eigenvalue weighted by Gasteiger charge is 2.38. The molecule has 14 heavy (non-hydrogen) atoms. The van der Waals surface area contributed by atoms with Crippen LogP contribution in [0.5, 0.6) is 0 Å². The molecule has 80 valence electrons. The first-order chi connectivity index (χ1) is 6.81. The molecule has 2 fully saturated rings. The summed E-state index contributed by atoms with van der Waals surface area (Å²) in [7, 11) is 0. The van der Waals surface area contributed by atoms with Crippen molar-refractivity contribution >= 4 is 5.91 Å². The molecule has 1 saturated heterocycles. The van der Waals surface area contributed by atoms with E-state index in [4.69, 9.17) is 0 Å². The van der Waals surface area contributed by atoms with Crippen molar-refractivity contribution < 1.29 is 4.79 Å².